The summed E-state index contributed by atoms with van der Waals surface area (Å²) in [5, 5.41) is 14.2. The molecule has 0 bridgehead atoms. The van der Waals surface area contributed by atoms with E-state index in [2.05, 4.69) is 5.32 Å². The number of amides is 1. The van der Waals surface area contributed by atoms with Crippen LogP contribution in [0.25, 0.3) is 33.0 Å². The molecule has 0 saturated carbocycles. The van der Waals surface area contributed by atoms with Crippen molar-refractivity contribution in [3.8, 4) is 11.1 Å². The van der Waals surface area contributed by atoms with Gasteiger partial charge in [-0.15, -0.1) is 0 Å². The van der Waals surface area contributed by atoms with Gasteiger partial charge in [0.05, 0.1) is 17.7 Å². The van der Waals surface area contributed by atoms with Crippen LogP contribution in [-0.4, -0.2) is 21.6 Å². The number of fused-ring (bicyclic) bond motifs is 2. The summed E-state index contributed by atoms with van der Waals surface area (Å²) >= 11 is 0. The van der Waals surface area contributed by atoms with E-state index in [1.165, 1.54) is 16.7 Å². The van der Waals surface area contributed by atoms with Gasteiger partial charge >= 0.3 is 11.7 Å². The number of carboxylic acids is 1. The maximum atomic E-state index is 13.6. The molecular formula is C33H24N2O5. The van der Waals surface area contributed by atoms with Gasteiger partial charge in [-0.3, -0.25) is 9.36 Å². The number of hydrogen-bond donors (Lipinski definition) is 2. The molecule has 196 valence electrons. The van der Waals surface area contributed by atoms with Crippen molar-refractivity contribution in [2.24, 2.45) is 0 Å². The van der Waals surface area contributed by atoms with Crippen LogP contribution in [0, 0.1) is 0 Å². The first kappa shape index (κ1) is 24.9. The third-order valence-corrected chi connectivity index (χ3v) is 6.92. The normalized spacial score (nSPS) is 11.1. The van der Waals surface area contributed by atoms with Crippen molar-refractivity contribution in [1.82, 2.24) is 9.88 Å². The maximum Gasteiger partial charge on any atom is 0.420 e. The van der Waals surface area contributed by atoms with Crippen molar-refractivity contribution in [2.45, 2.75) is 13.1 Å². The van der Waals surface area contributed by atoms with E-state index in [0.29, 0.717) is 16.7 Å². The standard InChI is InChI=1S/C33H24N2O5/c36-31(34-19-21-10-14-25(15-11-21)32(37)38)28-17-27(23-6-2-1-3-7-23)18-29-30(28)35(33(39)40-29)20-22-12-13-24-8-4-5-9-26(24)16-22/h1-18H,19-20H2,(H,34,36)(H,37,38). The van der Waals surface area contributed by atoms with Gasteiger partial charge in [-0.1, -0.05) is 78.9 Å². The molecule has 0 aliphatic carbocycles. The summed E-state index contributed by atoms with van der Waals surface area (Å²) < 4.78 is 7.17. The van der Waals surface area contributed by atoms with Crippen molar-refractivity contribution >= 4 is 33.7 Å². The van der Waals surface area contributed by atoms with Gasteiger partial charge in [0.15, 0.2) is 5.58 Å². The number of carboxylic acid groups (broad SMARTS) is 1. The summed E-state index contributed by atoms with van der Waals surface area (Å²) in [5.41, 5.74) is 4.49. The number of aromatic nitrogens is 1. The summed E-state index contributed by atoms with van der Waals surface area (Å²) in [6, 6.07) is 33.4. The fourth-order valence-corrected chi connectivity index (χ4v) is 4.88. The third kappa shape index (κ3) is 4.88. The molecular weight excluding hydrogens is 504 g/mol. The Morgan fingerprint density at radius 1 is 0.750 bits per heavy atom. The number of oxazole rings is 1. The number of carbonyl (C=O) groups is 2. The smallest absolute Gasteiger partial charge is 0.420 e. The maximum absolute atomic E-state index is 13.6. The number of benzene rings is 5. The molecule has 7 heteroatoms. The quantitative estimate of drug-likeness (QED) is 0.261. The lowest BCUT2D eigenvalue weighted by Crippen LogP contribution is -2.24. The Labute approximate surface area is 228 Å². The van der Waals surface area contributed by atoms with E-state index in [1.807, 2.05) is 72.8 Å². The van der Waals surface area contributed by atoms with Crippen LogP contribution < -0.4 is 11.1 Å². The molecule has 2 N–H and O–H groups in total. The number of aromatic carboxylic acids is 1. The minimum absolute atomic E-state index is 0.170. The number of hydrogen-bond acceptors (Lipinski definition) is 4. The fourth-order valence-electron chi connectivity index (χ4n) is 4.88. The molecule has 1 aromatic heterocycles. The Morgan fingerprint density at radius 2 is 1.45 bits per heavy atom. The highest BCUT2D eigenvalue weighted by Crippen LogP contribution is 2.28. The highest BCUT2D eigenvalue weighted by molar-refractivity contribution is 6.06. The first-order chi connectivity index (χ1) is 19.5. The van der Waals surface area contributed by atoms with E-state index in [4.69, 9.17) is 9.52 Å². The highest BCUT2D eigenvalue weighted by atomic mass is 16.4. The molecule has 0 aliphatic rings. The summed E-state index contributed by atoms with van der Waals surface area (Å²) in [5.74, 6) is -1.94. The van der Waals surface area contributed by atoms with E-state index in [9.17, 15) is 14.4 Å². The molecule has 7 nitrogen and oxygen atoms in total. The average molecular weight is 529 g/mol. The molecule has 0 aliphatic heterocycles. The van der Waals surface area contributed by atoms with Crippen molar-refractivity contribution in [1.29, 1.82) is 0 Å². The van der Waals surface area contributed by atoms with Crippen LogP contribution in [0.5, 0.6) is 0 Å². The fraction of sp³-hybridized carbons (Fsp3) is 0.0606. The Kier molecular flexibility index (Phi) is 6.46. The average Bonchev–Trinajstić information content (AvgIpc) is 3.30. The number of carbonyl (C=O) groups excluding carboxylic acids is 1. The minimum atomic E-state index is -1.01. The van der Waals surface area contributed by atoms with Crippen LogP contribution in [-0.2, 0) is 13.1 Å². The Morgan fingerprint density at radius 3 is 2.20 bits per heavy atom. The molecule has 0 fully saturated rings. The predicted octanol–water partition coefficient (Wildman–Crippen LogP) is 6.09. The van der Waals surface area contributed by atoms with E-state index >= 15 is 0 Å². The largest absolute Gasteiger partial charge is 0.478 e. The molecule has 0 saturated heterocycles. The molecule has 0 atom stereocenters. The second-order valence-corrected chi connectivity index (χ2v) is 9.56. The van der Waals surface area contributed by atoms with Gasteiger partial charge < -0.3 is 14.8 Å². The van der Waals surface area contributed by atoms with Gasteiger partial charge in [-0.25, -0.2) is 9.59 Å². The van der Waals surface area contributed by atoms with Crippen LogP contribution >= 0.6 is 0 Å². The van der Waals surface area contributed by atoms with Crippen LogP contribution in [0.4, 0.5) is 0 Å². The first-order valence-electron chi connectivity index (χ1n) is 12.8. The zero-order chi connectivity index (χ0) is 27.6. The second-order valence-electron chi connectivity index (χ2n) is 9.56. The van der Waals surface area contributed by atoms with Crippen LogP contribution in [0.15, 0.2) is 118 Å². The second kappa shape index (κ2) is 10.4. The Hall–Kier alpha value is -5.43. The minimum Gasteiger partial charge on any atom is -0.478 e. The molecule has 6 aromatic rings. The third-order valence-electron chi connectivity index (χ3n) is 6.92. The Bertz CT molecular complexity index is 1940. The van der Waals surface area contributed by atoms with Gasteiger partial charge in [0.1, 0.15) is 5.52 Å². The number of nitrogens with zero attached hydrogens (tertiary/aromatic N) is 1. The predicted molar refractivity (Wildman–Crippen MR) is 154 cm³/mol. The lowest BCUT2D eigenvalue weighted by atomic mass is 10.0. The van der Waals surface area contributed by atoms with Crippen LogP contribution in [0.3, 0.4) is 0 Å². The summed E-state index contributed by atoms with van der Waals surface area (Å²) in [6.07, 6.45) is 0. The topological polar surface area (TPSA) is 102 Å². The number of nitrogens with one attached hydrogen (secondary N) is 1. The van der Waals surface area contributed by atoms with E-state index in [1.54, 1.807) is 24.3 Å². The van der Waals surface area contributed by atoms with Crippen molar-refractivity contribution < 1.29 is 19.1 Å². The molecule has 40 heavy (non-hydrogen) atoms. The number of rotatable bonds is 7. The van der Waals surface area contributed by atoms with E-state index < -0.39 is 11.7 Å². The Balaban J connectivity index is 1.40. The summed E-state index contributed by atoms with van der Waals surface area (Å²) in [7, 11) is 0. The van der Waals surface area contributed by atoms with Crippen molar-refractivity contribution in [2.75, 3.05) is 0 Å². The molecule has 5 aromatic carbocycles. The van der Waals surface area contributed by atoms with Gasteiger partial charge in [0.25, 0.3) is 5.91 Å². The molecule has 0 spiro atoms. The van der Waals surface area contributed by atoms with Gasteiger partial charge in [0, 0.05) is 6.54 Å². The SMILES string of the molecule is O=C(O)c1ccc(CNC(=O)c2cc(-c3ccccc3)cc3oc(=O)n(Cc4ccc5ccccc5c4)c23)cc1. The van der Waals surface area contributed by atoms with Gasteiger partial charge in [-0.05, 0) is 63.4 Å². The zero-order valence-corrected chi connectivity index (χ0v) is 21.3. The summed E-state index contributed by atoms with van der Waals surface area (Å²) in [4.78, 5) is 37.9. The molecule has 0 radical (unpaired) electrons. The van der Waals surface area contributed by atoms with Gasteiger partial charge in [-0.2, -0.15) is 0 Å². The van der Waals surface area contributed by atoms with Gasteiger partial charge in [0.2, 0.25) is 0 Å². The zero-order valence-electron chi connectivity index (χ0n) is 21.3. The molecule has 1 amide bonds. The highest BCUT2D eigenvalue weighted by Gasteiger charge is 2.21. The van der Waals surface area contributed by atoms with Crippen LogP contribution in [0.2, 0.25) is 0 Å². The lowest BCUT2D eigenvalue weighted by molar-refractivity contribution is 0.0696. The summed E-state index contributed by atoms with van der Waals surface area (Å²) in [6.45, 7) is 0.417. The lowest BCUT2D eigenvalue weighted by Gasteiger charge is -2.11. The molecule has 6 rings (SSSR count). The molecule has 1 heterocycles. The molecule has 0 unspecified atom stereocenters. The van der Waals surface area contributed by atoms with Crippen molar-refractivity contribution in [3.05, 3.63) is 142 Å². The van der Waals surface area contributed by atoms with E-state index in [-0.39, 0.29) is 24.6 Å². The van der Waals surface area contributed by atoms with Crippen molar-refractivity contribution in [3.63, 3.8) is 0 Å². The van der Waals surface area contributed by atoms with E-state index in [0.717, 1.165) is 33.0 Å². The first-order valence-corrected chi connectivity index (χ1v) is 12.8. The van der Waals surface area contributed by atoms with Crippen LogP contribution in [0.1, 0.15) is 31.8 Å². The monoisotopic (exact) mass is 528 g/mol.